The van der Waals surface area contributed by atoms with E-state index < -0.39 is 0 Å². The van der Waals surface area contributed by atoms with Gasteiger partial charge in [0.25, 0.3) is 0 Å². The molecule has 27 heavy (non-hydrogen) atoms. The topological polar surface area (TPSA) is 75.1 Å². The van der Waals surface area contributed by atoms with E-state index in [2.05, 4.69) is 40.1 Å². The molecule has 3 N–H and O–H groups in total. The first-order valence-electron chi connectivity index (χ1n) is 8.66. The molecule has 0 amide bonds. The van der Waals surface area contributed by atoms with Gasteiger partial charge in [-0.3, -0.25) is 0 Å². The first-order chi connectivity index (χ1) is 12.7. The van der Waals surface area contributed by atoms with Crippen molar-refractivity contribution in [2.24, 2.45) is 4.99 Å². The van der Waals surface area contributed by atoms with Gasteiger partial charge >= 0.3 is 0 Å². The highest BCUT2D eigenvalue weighted by Crippen LogP contribution is 2.28. The Morgan fingerprint density at radius 2 is 2.11 bits per heavy atom. The predicted molar refractivity (Wildman–Crippen MR) is 122 cm³/mol. The first-order valence-corrected chi connectivity index (χ1v) is 9.54. The van der Waals surface area contributed by atoms with Crippen LogP contribution in [0.5, 0.6) is 11.5 Å². The molecule has 0 radical (unpaired) electrons. The summed E-state index contributed by atoms with van der Waals surface area (Å²) in [5.74, 6) is 2.02. The zero-order valence-electron chi connectivity index (χ0n) is 15.9. The molecule has 0 aliphatic heterocycles. The number of hydrogen-bond acceptors (Lipinski definition) is 5. The third kappa shape index (κ3) is 7.55. The quantitative estimate of drug-likeness (QED) is 0.276. The van der Waals surface area contributed by atoms with E-state index in [1.165, 1.54) is 4.88 Å². The van der Waals surface area contributed by atoms with Crippen LogP contribution in [0.2, 0.25) is 0 Å². The predicted octanol–water partition coefficient (Wildman–Crippen LogP) is 3.56. The zero-order chi connectivity index (χ0) is 18.8. The monoisotopic (exact) mass is 505 g/mol. The molecular formula is C19H28IN3O3S. The molecule has 0 bridgehead atoms. The third-order valence-corrected chi connectivity index (χ3v) is 4.72. The number of halogens is 1. The molecule has 1 aromatic carbocycles. The Balaban J connectivity index is 0.00000364. The van der Waals surface area contributed by atoms with E-state index in [9.17, 15) is 0 Å². The molecule has 0 saturated heterocycles. The molecule has 6 nitrogen and oxygen atoms in total. The van der Waals surface area contributed by atoms with Crippen LogP contribution in [-0.4, -0.2) is 37.9 Å². The second-order valence-electron chi connectivity index (χ2n) is 5.63. The zero-order valence-corrected chi connectivity index (χ0v) is 19.0. The van der Waals surface area contributed by atoms with Crippen LogP contribution in [0.15, 0.2) is 40.7 Å². The van der Waals surface area contributed by atoms with Crippen molar-refractivity contribution in [1.29, 1.82) is 0 Å². The average molecular weight is 505 g/mol. The number of rotatable bonds is 9. The highest BCUT2D eigenvalue weighted by Gasteiger charge is 2.09. The molecule has 0 aliphatic rings. The normalized spacial score (nSPS) is 12.1. The fraction of sp³-hybridized carbons (Fsp3) is 0.421. The second-order valence-corrected chi connectivity index (χ2v) is 6.61. The number of aliphatic hydroxyl groups is 1. The molecular weight excluding hydrogens is 477 g/mol. The average Bonchev–Trinajstić information content (AvgIpc) is 3.19. The number of aliphatic hydroxyl groups excluding tert-OH is 1. The molecule has 1 aromatic heterocycles. The Labute approximate surface area is 182 Å². The van der Waals surface area contributed by atoms with Gasteiger partial charge in [-0.05, 0) is 43.0 Å². The number of ether oxygens (including phenoxy) is 2. The maximum absolute atomic E-state index is 8.89. The van der Waals surface area contributed by atoms with Gasteiger partial charge in [0, 0.05) is 11.4 Å². The van der Waals surface area contributed by atoms with Crippen molar-refractivity contribution < 1.29 is 14.6 Å². The maximum atomic E-state index is 8.89. The van der Waals surface area contributed by atoms with Crippen LogP contribution in [0.25, 0.3) is 0 Å². The Bertz CT molecular complexity index is 696. The highest BCUT2D eigenvalue weighted by atomic mass is 127. The molecule has 1 atom stereocenters. The third-order valence-electron chi connectivity index (χ3n) is 3.66. The van der Waals surface area contributed by atoms with Crippen molar-refractivity contribution >= 4 is 41.3 Å². The van der Waals surface area contributed by atoms with Crippen molar-refractivity contribution in [1.82, 2.24) is 10.6 Å². The summed E-state index contributed by atoms with van der Waals surface area (Å²) < 4.78 is 10.8. The van der Waals surface area contributed by atoms with E-state index in [1.54, 1.807) is 18.4 Å². The summed E-state index contributed by atoms with van der Waals surface area (Å²) in [7, 11) is 1.60. The van der Waals surface area contributed by atoms with Gasteiger partial charge in [0.15, 0.2) is 17.5 Å². The Morgan fingerprint density at radius 3 is 2.74 bits per heavy atom. The molecule has 2 aromatic rings. The number of benzene rings is 1. The summed E-state index contributed by atoms with van der Waals surface area (Å²) in [4.78, 5) is 5.93. The lowest BCUT2D eigenvalue weighted by Crippen LogP contribution is -2.38. The van der Waals surface area contributed by atoms with E-state index >= 15 is 0 Å². The van der Waals surface area contributed by atoms with Crippen LogP contribution in [0.3, 0.4) is 0 Å². The number of methoxy groups -OCH3 is 1. The minimum absolute atomic E-state index is 0. The fourth-order valence-electron chi connectivity index (χ4n) is 2.39. The van der Waals surface area contributed by atoms with Gasteiger partial charge in [-0.1, -0.05) is 12.1 Å². The molecule has 8 heteroatoms. The lowest BCUT2D eigenvalue weighted by molar-refractivity contribution is 0.196. The van der Waals surface area contributed by atoms with Gasteiger partial charge in [0.05, 0.1) is 26.3 Å². The lowest BCUT2D eigenvalue weighted by Gasteiger charge is -2.17. The number of hydrogen-bond donors (Lipinski definition) is 3. The van der Waals surface area contributed by atoms with E-state index in [1.807, 2.05) is 25.1 Å². The number of aliphatic imine (C=N–C) groups is 1. The van der Waals surface area contributed by atoms with Crippen LogP contribution in [0.4, 0.5) is 0 Å². The van der Waals surface area contributed by atoms with Gasteiger partial charge in [0.2, 0.25) is 0 Å². The van der Waals surface area contributed by atoms with E-state index in [-0.39, 0.29) is 43.2 Å². The number of thiophene rings is 1. The van der Waals surface area contributed by atoms with Crippen LogP contribution >= 0.6 is 35.3 Å². The Morgan fingerprint density at radius 1 is 1.30 bits per heavy atom. The molecule has 0 spiro atoms. The SMILES string of the molecule is CCNC(=NCc1ccc(OCCO)c(OC)c1)NC(C)c1cccs1.I. The summed E-state index contributed by atoms with van der Waals surface area (Å²) in [6.07, 6.45) is 0. The molecule has 0 saturated carbocycles. The summed E-state index contributed by atoms with van der Waals surface area (Å²) >= 11 is 1.73. The van der Waals surface area contributed by atoms with Crippen LogP contribution < -0.4 is 20.1 Å². The van der Waals surface area contributed by atoms with Gasteiger partial charge in [-0.25, -0.2) is 4.99 Å². The summed E-state index contributed by atoms with van der Waals surface area (Å²) in [6, 6.07) is 10.1. The first kappa shape index (κ1) is 23.5. The molecule has 0 fully saturated rings. The smallest absolute Gasteiger partial charge is 0.192 e. The van der Waals surface area contributed by atoms with E-state index in [0.29, 0.717) is 18.0 Å². The lowest BCUT2D eigenvalue weighted by atomic mass is 10.2. The summed E-state index contributed by atoms with van der Waals surface area (Å²) in [6.45, 7) is 5.68. The second kappa shape index (κ2) is 12.8. The van der Waals surface area contributed by atoms with Gasteiger partial charge < -0.3 is 25.2 Å². The van der Waals surface area contributed by atoms with Crippen molar-refractivity contribution in [2.75, 3.05) is 26.9 Å². The van der Waals surface area contributed by atoms with Crippen molar-refractivity contribution in [3.8, 4) is 11.5 Å². The molecule has 2 rings (SSSR count). The Kier molecular flexibility index (Phi) is 11.1. The van der Waals surface area contributed by atoms with Crippen molar-refractivity contribution in [3.63, 3.8) is 0 Å². The molecule has 150 valence electrons. The largest absolute Gasteiger partial charge is 0.493 e. The van der Waals surface area contributed by atoms with Crippen LogP contribution in [-0.2, 0) is 6.54 Å². The summed E-state index contributed by atoms with van der Waals surface area (Å²) in [5.41, 5.74) is 1.01. The van der Waals surface area contributed by atoms with E-state index in [0.717, 1.165) is 18.1 Å². The number of nitrogens with zero attached hydrogens (tertiary/aromatic N) is 1. The minimum atomic E-state index is -0.0324. The van der Waals surface area contributed by atoms with Crippen molar-refractivity contribution in [2.45, 2.75) is 26.4 Å². The van der Waals surface area contributed by atoms with Crippen LogP contribution in [0, 0.1) is 0 Å². The van der Waals surface area contributed by atoms with Gasteiger partial charge in [-0.15, -0.1) is 35.3 Å². The molecule has 1 unspecified atom stereocenters. The van der Waals surface area contributed by atoms with Crippen LogP contribution in [0.1, 0.15) is 30.3 Å². The Hall–Kier alpha value is -1.52. The number of guanidine groups is 1. The molecule has 1 heterocycles. The number of nitrogens with one attached hydrogen (secondary N) is 2. The summed E-state index contributed by atoms with van der Waals surface area (Å²) in [5, 5.41) is 17.7. The highest BCUT2D eigenvalue weighted by molar-refractivity contribution is 14.0. The maximum Gasteiger partial charge on any atom is 0.192 e. The van der Waals surface area contributed by atoms with E-state index in [4.69, 9.17) is 14.6 Å². The minimum Gasteiger partial charge on any atom is -0.493 e. The fourth-order valence-corrected chi connectivity index (χ4v) is 3.12. The van der Waals surface area contributed by atoms with Gasteiger partial charge in [-0.2, -0.15) is 0 Å². The van der Waals surface area contributed by atoms with Gasteiger partial charge in [0.1, 0.15) is 6.61 Å². The van der Waals surface area contributed by atoms with Crippen molar-refractivity contribution in [3.05, 3.63) is 46.2 Å². The molecule has 0 aliphatic carbocycles. The standard InChI is InChI=1S/C19H27N3O3S.HI/c1-4-20-19(22-14(2)18-6-5-11-26-18)21-13-15-7-8-16(25-10-9-23)17(12-15)24-3;/h5-8,11-12,14,23H,4,9-10,13H2,1-3H3,(H2,20,21,22);1H.